The van der Waals surface area contributed by atoms with Crippen molar-refractivity contribution in [3.05, 3.63) is 64.0 Å². The SMILES string of the molecule is COc1ccc(C)cc1-c1csc(NC(=O)C2CC(=O)N(Cc3ccccc3Cl)C2)n1. The highest BCUT2D eigenvalue weighted by Crippen LogP contribution is 2.33. The molecule has 1 unspecified atom stereocenters. The van der Waals surface area contributed by atoms with Crippen LogP contribution in [0.2, 0.25) is 5.02 Å². The van der Waals surface area contributed by atoms with Crippen molar-refractivity contribution in [1.82, 2.24) is 9.88 Å². The first-order valence-corrected chi connectivity index (χ1v) is 11.1. The van der Waals surface area contributed by atoms with Gasteiger partial charge in [-0.3, -0.25) is 9.59 Å². The lowest BCUT2D eigenvalue weighted by Crippen LogP contribution is -2.28. The van der Waals surface area contributed by atoms with E-state index in [-0.39, 0.29) is 18.2 Å². The van der Waals surface area contributed by atoms with E-state index in [0.29, 0.717) is 23.2 Å². The Labute approximate surface area is 189 Å². The van der Waals surface area contributed by atoms with Gasteiger partial charge in [0.15, 0.2) is 5.13 Å². The van der Waals surface area contributed by atoms with Crippen LogP contribution >= 0.6 is 22.9 Å². The number of rotatable bonds is 6. The quantitative estimate of drug-likeness (QED) is 0.581. The van der Waals surface area contributed by atoms with Crippen molar-refractivity contribution < 1.29 is 14.3 Å². The number of carbonyl (C=O) groups is 2. The zero-order valence-corrected chi connectivity index (χ0v) is 18.8. The maximum absolute atomic E-state index is 12.8. The molecule has 1 aliphatic heterocycles. The van der Waals surface area contributed by atoms with Crippen LogP contribution in [-0.2, 0) is 16.1 Å². The number of carbonyl (C=O) groups excluding carboxylic acids is 2. The lowest BCUT2D eigenvalue weighted by atomic mass is 10.1. The molecule has 1 atom stereocenters. The Hall–Kier alpha value is -2.90. The van der Waals surface area contributed by atoms with Crippen molar-refractivity contribution in [2.45, 2.75) is 19.9 Å². The number of nitrogens with one attached hydrogen (secondary N) is 1. The van der Waals surface area contributed by atoms with Gasteiger partial charge in [0.05, 0.1) is 18.7 Å². The van der Waals surface area contributed by atoms with Crippen molar-refractivity contribution in [2.24, 2.45) is 5.92 Å². The maximum Gasteiger partial charge on any atom is 0.231 e. The fourth-order valence-electron chi connectivity index (χ4n) is 3.62. The standard InChI is InChI=1S/C23H22ClN3O3S/c1-14-7-8-20(30-2)17(9-14)19-13-31-23(25-19)26-22(29)16-10-21(28)27(12-16)11-15-5-3-4-6-18(15)24/h3-9,13,16H,10-12H2,1-2H3,(H,25,26,29). The largest absolute Gasteiger partial charge is 0.496 e. The molecule has 6 nitrogen and oxygen atoms in total. The van der Waals surface area contributed by atoms with E-state index in [1.807, 2.05) is 48.7 Å². The molecule has 3 aromatic rings. The molecular weight excluding hydrogens is 434 g/mol. The highest BCUT2D eigenvalue weighted by molar-refractivity contribution is 7.14. The number of thiazole rings is 1. The molecule has 1 saturated heterocycles. The molecule has 2 amide bonds. The summed E-state index contributed by atoms with van der Waals surface area (Å²) >= 11 is 7.56. The van der Waals surface area contributed by atoms with Crippen LogP contribution in [0.3, 0.4) is 0 Å². The van der Waals surface area contributed by atoms with Crippen LogP contribution < -0.4 is 10.1 Å². The minimum Gasteiger partial charge on any atom is -0.496 e. The summed E-state index contributed by atoms with van der Waals surface area (Å²) in [4.78, 5) is 31.4. The number of aryl methyl sites for hydroxylation is 1. The van der Waals surface area contributed by atoms with Crippen molar-refractivity contribution >= 4 is 39.9 Å². The Morgan fingerprint density at radius 1 is 1.32 bits per heavy atom. The third-order valence-corrected chi connectivity index (χ3v) is 6.40. The maximum atomic E-state index is 12.8. The van der Waals surface area contributed by atoms with E-state index in [4.69, 9.17) is 16.3 Å². The molecule has 0 saturated carbocycles. The first-order valence-electron chi connectivity index (χ1n) is 9.87. The van der Waals surface area contributed by atoms with Crippen LogP contribution in [0.1, 0.15) is 17.5 Å². The van der Waals surface area contributed by atoms with Gasteiger partial charge >= 0.3 is 0 Å². The zero-order chi connectivity index (χ0) is 22.0. The van der Waals surface area contributed by atoms with Crippen LogP contribution in [0.15, 0.2) is 47.8 Å². The Morgan fingerprint density at radius 2 is 2.13 bits per heavy atom. The van der Waals surface area contributed by atoms with E-state index in [1.54, 1.807) is 18.1 Å². The molecule has 0 spiro atoms. The van der Waals surface area contributed by atoms with Crippen LogP contribution in [-0.4, -0.2) is 35.4 Å². The second-order valence-electron chi connectivity index (χ2n) is 7.50. The number of ether oxygens (including phenoxy) is 1. The first-order chi connectivity index (χ1) is 14.9. The third-order valence-electron chi connectivity index (χ3n) is 5.27. The highest BCUT2D eigenvalue weighted by atomic mass is 35.5. The van der Waals surface area contributed by atoms with Crippen LogP contribution in [0.5, 0.6) is 5.75 Å². The third kappa shape index (κ3) is 4.73. The number of hydrogen-bond acceptors (Lipinski definition) is 5. The number of aromatic nitrogens is 1. The summed E-state index contributed by atoms with van der Waals surface area (Å²) in [7, 11) is 1.62. The van der Waals surface area contributed by atoms with Crippen molar-refractivity contribution in [3.8, 4) is 17.0 Å². The van der Waals surface area contributed by atoms with Gasteiger partial charge in [0.25, 0.3) is 0 Å². The second kappa shape index (κ2) is 9.08. The number of amides is 2. The summed E-state index contributed by atoms with van der Waals surface area (Å²) in [6, 6.07) is 13.3. The molecule has 8 heteroatoms. The molecule has 4 rings (SSSR count). The average molecular weight is 456 g/mol. The molecule has 1 aliphatic rings. The normalized spacial score (nSPS) is 15.9. The summed E-state index contributed by atoms with van der Waals surface area (Å²) in [5.74, 6) is 0.0535. The summed E-state index contributed by atoms with van der Waals surface area (Å²) < 4.78 is 5.43. The number of likely N-dealkylation sites (tertiary alicyclic amines) is 1. The highest BCUT2D eigenvalue weighted by Gasteiger charge is 2.34. The van der Waals surface area contributed by atoms with E-state index >= 15 is 0 Å². The molecular formula is C23H22ClN3O3S. The molecule has 0 bridgehead atoms. The van der Waals surface area contributed by atoms with Crippen LogP contribution in [0.25, 0.3) is 11.3 Å². The van der Waals surface area contributed by atoms with Gasteiger partial charge in [-0.05, 0) is 30.7 Å². The molecule has 0 radical (unpaired) electrons. The second-order valence-corrected chi connectivity index (χ2v) is 8.76. The lowest BCUT2D eigenvalue weighted by Gasteiger charge is -2.17. The van der Waals surface area contributed by atoms with Gasteiger partial charge < -0.3 is 15.0 Å². The number of hydrogen-bond donors (Lipinski definition) is 1. The molecule has 1 N–H and O–H groups in total. The van der Waals surface area contributed by atoms with E-state index in [2.05, 4.69) is 10.3 Å². The van der Waals surface area contributed by atoms with Crippen molar-refractivity contribution in [3.63, 3.8) is 0 Å². The van der Waals surface area contributed by atoms with Gasteiger partial charge in [-0.25, -0.2) is 4.98 Å². The number of halogens is 1. The number of benzene rings is 2. The Kier molecular flexibility index (Phi) is 6.25. The molecule has 2 heterocycles. The number of nitrogens with zero attached hydrogens (tertiary/aromatic N) is 2. The summed E-state index contributed by atoms with van der Waals surface area (Å²) in [5, 5.41) is 5.87. The molecule has 2 aromatic carbocycles. The van der Waals surface area contributed by atoms with E-state index in [9.17, 15) is 9.59 Å². The Morgan fingerprint density at radius 3 is 2.90 bits per heavy atom. The van der Waals surface area contributed by atoms with Crippen LogP contribution in [0.4, 0.5) is 5.13 Å². The first kappa shape index (κ1) is 21.3. The summed E-state index contributed by atoms with van der Waals surface area (Å²) in [5.41, 5.74) is 3.58. The summed E-state index contributed by atoms with van der Waals surface area (Å²) in [6.45, 7) is 2.76. The number of methoxy groups -OCH3 is 1. The predicted octanol–water partition coefficient (Wildman–Crippen LogP) is 4.77. The van der Waals surface area contributed by atoms with Gasteiger partial charge in [-0.2, -0.15) is 0 Å². The minimum atomic E-state index is -0.421. The van der Waals surface area contributed by atoms with Crippen LogP contribution in [0, 0.1) is 12.8 Å². The smallest absolute Gasteiger partial charge is 0.231 e. The van der Waals surface area contributed by atoms with Crippen molar-refractivity contribution in [1.29, 1.82) is 0 Å². The molecule has 1 aromatic heterocycles. The zero-order valence-electron chi connectivity index (χ0n) is 17.2. The fraction of sp³-hybridized carbons (Fsp3) is 0.261. The predicted molar refractivity (Wildman–Crippen MR) is 122 cm³/mol. The minimum absolute atomic E-state index is 0.0515. The van der Waals surface area contributed by atoms with E-state index < -0.39 is 5.92 Å². The Balaban J connectivity index is 1.42. The Bertz CT molecular complexity index is 1130. The van der Waals surface area contributed by atoms with Crippen molar-refractivity contribution in [2.75, 3.05) is 19.0 Å². The summed E-state index contributed by atoms with van der Waals surface area (Å²) in [6.07, 6.45) is 0.181. The molecule has 1 fully saturated rings. The van der Waals surface area contributed by atoms with Gasteiger partial charge in [0.2, 0.25) is 11.8 Å². The molecule has 31 heavy (non-hydrogen) atoms. The molecule has 160 valence electrons. The average Bonchev–Trinajstić information content (AvgIpc) is 3.36. The number of anilines is 1. The van der Waals surface area contributed by atoms with Gasteiger partial charge in [-0.15, -0.1) is 11.3 Å². The van der Waals surface area contributed by atoms with E-state index in [1.165, 1.54) is 11.3 Å². The fourth-order valence-corrected chi connectivity index (χ4v) is 4.53. The van der Waals surface area contributed by atoms with Gasteiger partial charge in [0.1, 0.15) is 5.75 Å². The van der Waals surface area contributed by atoms with Gasteiger partial charge in [-0.1, -0.05) is 41.4 Å². The molecule has 0 aliphatic carbocycles. The van der Waals surface area contributed by atoms with Gasteiger partial charge in [0, 0.05) is 35.5 Å². The topological polar surface area (TPSA) is 71.5 Å². The van der Waals surface area contributed by atoms with E-state index in [0.717, 1.165) is 28.1 Å². The lowest BCUT2D eigenvalue weighted by molar-refractivity contribution is -0.128. The monoisotopic (exact) mass is 455 g/mol.